The van der Waals surface area contributed by atoms with Crippen LogP contribution < -0.4 is 10.5 Å². The Labute approximate surface area is 105 Å². The van der Waals surface area contributed by atoms with Crippen molar-refractivity contribution in [3.8, 4) is 5.75 Å². The van der Waals surface area contributed by atoms with Crippen molar-refractivity contribution in [1.82, 2.24) is 4.98 Å². The third-order valence-corrected chi connectivity index (χ3v) is 3.31. The quantitative estimate of drug-likeness (QED) is 0.904. The van der Waals surface area contributed by atoms with Crippen LogP contribution in [0.25, 0.3) is 0 Å². The lowest BCUT2D eigenvalue weighted by Gasteiger charge is -2.05. The fourth-order valence-corrected chi connectivity index (χ4v) is 2.29. The van der Waals surface area contributed by atoms with Gasteiger partial charge in [-0.1, -0.05) is 17.8 Å². The molecule has 0 bridgehead atoms. The fourth-order valence-electron chi connectivity index (χ4n) is 1.38. The predicted octanol–water partition coefficient (Wildman–Crippen LogP) is 3.13. The average Bonchev–Trinajstić information content (AvgIpc) is 2.34. The number of hydrogen-bond donors (Lipinski definition) is 1. The third kappa shape index (κ3) is 2.91. The first-order chi connectivity index (χ1) is 8.19. The Morgan fingerprint density at radius 3 is 2.82 bits per heavy atom. The molecule has 3 nitrogen and oxygen atoms in total. The molecule has 2 N–H and O–H groups in total. The molecule has 0 fully saturated rings. The van der Waals surface area contributed by atoms with Crippen LogP contribution >= 0.6 is 11.8 Å². The van der Waals surface area contributed by atoms with Crippen LogP contribution in [0.3, 0.4) is 0 Å². The molecule has 1 aromatic heterocycles. The van der Waals surface area contributed by atoms with E-state index in [1.54, 1.807) is 25.1 Å². The van der Waals surface area contributed by atoms with Crippen LogP contribution in [-0.2, 0) is 0 Å². The first kappa shape index (κ1) is 11.8. The minimum atomic E-state index is 0.722. The highest BCUT2D eigenvalue weighted by Gasteiger charge is 2.02. The van der Waals surface area contributed by atoms with E-state index in [1.165, 1.54) is 0 Å². The summed E-state index contributed by atoms with van der Waals surface area (Å²) >= 11 is 1.59. The Balaban J connectivity index is 2.22. The van der Waals surface area contributed by atoms with E-state index in [0.29, 0.717) is 0 Å². The topological polar surface area (TPSA) is 48.1 Å². The molecule has 2 aromatic rings. The maximum absolute atomic E-state index is 5.74. The molecule has 1 aromatic carbocycles. The summed E-state index contributed by atoms with van der Waals surface area (Å²) in [6.07, 6.45) is 1.69. The van der Waals surface area contributed by atoms with Gasteiger partial charge in [-0.25, -0.2) is 4.98 Å². The second-order valence-electron chi connectivity index (χ2n) is 3.66. The predicted molar refractivity (Wildman–Crippen MR) is 70.5 cm³/mol. The molecule has 1 heterocycles. The van der Waals surface area contributed by atoms with E-state index in [0.717, 1.165) is 26.9 Å². The Bertz CT molecular complexity index is 529. The van der Waals surface area contributed by atoms with Crippen molar-refractivity contribution in [3.05, 3.63) is 42.1 Å². The van der Waals surface area contributed by atoms with E-state index in [2.05, 4.69) is 4.98 Å². The lowest BCUT2D eigenvalue weighted by molar-refractivity contribution is 0.413. The van der Waals surface area contributed by atoms with E-state index >= 15 is 0 Å². The normalized spacial score (nSPS) is 10.2. The highest BCUT2D eigenvalue weighted by atomic mass is 32.2. The van der Waals surface area contributed by atoms with Gasteiger partial charge in [-0.3, -0.25) is 0 Å². The lowest BCUT2D eigenvalue weighted by atomic mass is 10.3. The van der Waals surface area contributed by atoms with Crippen molar-refractivity contribution < 1.29 is 4.74 Å². The highest BCUT2D eigenvalue weighted by molar-refractivity contribution is 7.99. The molecule has 0 aliphatic carbocycles. The number of ether oxygens (including phenoxy) is 1. The first-order valence-corrected chi connectivity index (χ1v) is 6.04. The maximum atomic E-state index is 5.74. The second kappa shape index (κ2) is 5.10. The molecule has 0 aliphatic rings. The molecular weight excluding hydrogens is 232 g/mol. The fraction of sp³-hybridized carbons (Fsp3) is 0.154. The second-order valence-corrected chi connectivity index (χ2v) is 4.75. The van der Waals surface area contributed by atoms with Crippen LogP contribution in [0.2, 0.25) is 0 Å². The van der Waals surface area contributed by atoms with Crippen molar-refractivity contribution in [2.24, 2.45) is 0 Å². The average molecular weight is 246 g/mol. The number of nitrogens with zero attached hydrogens (tertiary/aromatic N) is 1. The number of rotatable bonds is 3. The van der Waals surface area contributed by atoms with E-state index in [-0.39, 0.29) is 0 Å². The number of aryl methyl sites for hydroxylation is 1. The monoisotopic (exact) mass is 246 g/mol. The zero-order valence-electron chi connectivity index (χ0n) is 9.81. The van der Waals surface area contributed by atoms with Gasteiger partial charge >= 0.3 is 0 Å². The van der Waals surface area contributed by atoms with Gasteiger partial charge in [0.2, 0.25) is 0 Å². The number of pyridine rings is 1. The molecule has 0 saturated heterocycles. The van der Waals surface area contributed by atoms with E-state index in [1.807, 2.05) is 37.3 Å². The Hall–Kier alpha value is -1.68. The molecule has 0 atom stereocenters. The van der Waals surface area contributed by atoms with Crippen molar-refractivity contribution in [1.29, 1.82) is 0 Å². The van der Waals surface area contributed by atoms with Gasteiger partial charge in [0.15, 0.2) is 0 Å². The largest absolute Gasteiger partial charge is 0.497 e. The number of hydrogen-bond acceptors (Lipinski definition) is 4. The number of anilines is 1. The standard InChI is InChI=1S/C13H14N2OS/c1-9-6-13(15-8-12(9)14)17-11-5-3-4-10(7-11)16-2/h3-8H,14H2,1-2H3. The molecule has 17 heavy (non-hydrogen) atoms. The minimum Gasteiger partial charge on any atom is -0.497 e. The first-order valence-electron chi connectivity index (χ1n) is 5.23. The smallest absolute Gasteiger partial charge is 0.119 e. The van der Waals surface area contributed by atoms with E-state index < -0.39 is 0 Å². The van der Waals surface area contributed by atoms with Crippen LogP contribution in [0.4, 0.5) is 5.69 Å². The van der Waals surface area contributed by atoms with Gasteiger partial charge in [-0.05, 0) is 36.8 Å². The zero-order valence-corrected chi connectivity index (χ0v) is 10.6. The maximum Gasteiger partial charge on any atom is 0.119 e. The Morgan fingerprint density at radius 2 is 2.12 bits per heavy atom. The highest BCUT2D eigenvalue weighted by Crippen LogP contribution is 2.29. The van der Waals surface area contributed by atoms with Gasteiger partial charge in [0.1, 0.15) is 10.8 Å². The molecule has 88 valence electrons. The molecule has 0 aliphatic heterocycles. The van der Waals surface area contributed by atoms with E-state index in [9.17, 15) is 0 Å². The summed E-state index contributed by atoms with van der Waals surface area (Å²) in [6.45, 7) is 1.98. The molecule has 0 unspecified atom stereocenters. The molecule has 4 heteroatoms. The van der Waals surface area contributed by atoms with Crippen molar-refractivity contribution in [3.63, 3.8) is 0 Å². The van der Waals surface area contributed by atoms with E-state index in [4.69, 9.17) is 10.5 Å². The summed E-state index contributed by atoms with van der Waals surface area (Å²) in [5.74, 6) is 0.849. The molecule has 2 rings (SSSR count). The van der Waals surface area contributed by atoms with Gasteiger partial charge in [0.25, 0.3) is 0 Å². The Morgan fingerprint density at radius 1 is 1.29 bits per heavy atom. The summed E-state index contributed by atoms with van der Waals surface area (Å²) in [7, 11) is 1.66. The van der Waals surface area contributed by atoms with Crippen LogP contribution in [-0.4, -0.2) is 12.1 Å². The number of nitrogens with two attached hydrogens (primary N) is 1. The van der Waals surface area contributed by atoms with Crippen LogP contribution in [0.1, 0.15) is 5.56 Å². The van der Waals surface area contributed by atoms with Gasteiger partial charge in [0.05, 0.1) is 19.0 Å². The van der Waals surface area contributed by atoms with Crippen LogP contribution in [0.15, 0.2) is 46.5 Å². The van der Waals surface area contributed by atoms with Crippen LogP contribution in [0, 0.1) is 6.92 Å². The van der Waals surface area contributed by atoms with Crippen molar-refractivity contribution in [2.45, 2.75) is 16.8 Å². The van der Waals surface area contributed by atoms with Crippen molar-refractivity contribution >= 4 is 17.4 Å². The third-order valence-electron chi connectivity index (χ3n) is 2.39. The molecule has 0 saturated carbocycles. The number of nitrogen functional groups attached to an aromatic ring is 1. The SMILES string of the molecule is COc1cccc(Sc2cc(C)c(N)cn2)c1. The molecule has 0 amide bonds. The van der Waals surface area contributed by atoms with Gasteiger partial charge in [-0.2, -0.15) is 0 Å². The van der Waals surface area contributed by atoms with Gasteiger partial charge in [0, 0.05) is 4.90 Å². The minimum absolute atomic E-state index is 0.722. The number of aromatic nitrogens is 1. The zero-order chi connectivity index (χ0) is 12.3. The summed E-state index contributed by atoms with van der Waals surface area (Å²) < 4.78 is 5.18. The van der Waals surface area contributed by atoms with Gasteiger partial charge in [-0.15, -0.1) is 0 Å². The van der Waals surface area contributed by atoms with Crippen LogP contribution in [0.5, 0.6) is 5.75 Å². The summed E-state index contributed by atoms with van der Waals surface area (Å²) in [6, 6.07) is 9.88. The molecular formula is C13H14N2OS. The summed E-state index contributed by atoms with van der Waals surface area (Å²) in [5, 5.41) is 0.935. The molecule has 0 spiro atoms. The Kier molecular flexibility index (Phi) is 3.54. The van der Waals surface area contributed by atoms with Crippen molar-refractivity contribution in [2.75, 3.05) is 12.8 Å². The summed E-state index contributed by atoms with van der Waals surface area (Å²) in [5.41, 5.74) is 7.50. The van der Waals surface area contributed by atoms with Gasteiger partial charge < -0.3 is 10.5 Å². The molecule has 0 radical (unpaired) electrons. The lowest BCUT2D eigenvalue weighted by Crippen LogP contribution is -1.91. The number of benzene rings is 1. The summed E-state index contributed by atoms with van der Waals surface area (Å²) in [4.78, 5) is 5.39. The number of methoxy groups -OCH3 is 1.